The summed E-state index contributed by atoms with van der Waals surface area (Å²) < 4.78 is 11.8. The Morgan fingerprint density at radius 3 is 2.35 bits per heavy atom. The van der Waals surface area contributed by atoms with E-state index in [4.69, 9.17) is 9.16 Å². The predicted octanol–water partition coefficient (Wildman–Crippen LogP) is 5.32. The van der Waals surface area contributed by atoms with Crippen molar-refractivity contribution in [1.29, 1.82) is 0 Å². The maximum absolute atomic E-state index is 11.2. The maximum Gasteiger partial charge on any atom is 0.302 e. The number of ether oxygens (including phenoxy) is 1. The average Bonchev–Trinajstić information content (AvgIpc) is 2.35. The lowest BCUT2D eigenvalue weighted by Gasteiger charge is -2.44. The van der Waals surface area contributed by atoms with Gasteiger partial charge in [-0.05, 0) is 54.8 Å². The molecule has 0 amide bonds. The van der Waals surface area contributed by atoms with Gasteiger partial charge in [0.05, 0.1) is 0 Å². The number of carbonyl (C=O) groups excluding carboxylic acids is 1. The number of hydrogen-bond acceptors (Lipinski definition) is 3. The van der Waals surface area contributed by atoms with E-state index in [0.717, 1.165) is 19.4 Å². The van der Waals surface area contributed by atoms with Crippen LogP contribution in [0.3, 0.4) is 0 Å². The van der Waals surface area contributed by atoms with E-state index >= 15 is 0 Å². The zero-order chi connectivity index (χ0) is 18.1. The molecule has 0 aliphatic heterocycles. The fourth-order valence-corrected chi connectivity index (χ4v) is 4.05. The smallest absolute Gasteiger partial charge is 0.302 e. The fourth-order valence-electron chi connectivity index (χ4n) is 3.00. The van der Waals surface area contributed by atoms with E-state index in [9.17, 15) is 4.79 Å². The molecule has 134 valence electrons. The Balaban J connectivity index is 2.85. The quantitative estimate of drug-likeness (QED) is 0.386. The first kappa shape index (κ1) is 20.4. The third-order valence-electron chi connectivity index (χ3n) is 6.05. The van der Waals surface area contributed by atoms with Crippen molar-refractivity contribution in [2.45, 2.75) is 79.4 Å². The van der Waals surface area contributed by atoms with Gasteiger partial charge in [0, 0.05) is 13.5 Å². The molecule has 4 heteroatoms. The van der Waals surface area contributed by atoms with Gasteiger partial charge in [-0.1, -0.05) is 40.2 Å². The number of rotatable bonds is 5. The summed E-state index contributed by atoms with van der Waals surface area (Å²) in [6.07, 6.45) is 2.22. The Bertz CT molecular complexity index is 469. The van der Waals surface area contributed by atoms with E-state index in [-0.39, 0.29) is 16.4 Å². The van der Waals surface area contributed by atoms with Crippen molar-refractivity contribution in [3.8, 4) is 0 Å². The van der Waals surface area contributed by atoms with Crippen LogP contribution in [0.1, 0.15) is 61.3 Å². The largest absolute Gasteiger partial charge is 0.461 e. The van der Waals surface area contributed by atoms with Crippen LogP contribution in [-0.4, -0.2) is 27.5 Å². The third-order valence-corrected chi connectivity index (χ3v) is 10.6. The number of hydrogen-bond donors (Lipinski definition) is 0. The van der Waals surface area contributed by atoms with Crippen molar-refractivity contribution >= 4 is 14.3 Å². The Kier molecular flexibility index (Phi) is 6.31. The summed E-state index contributed by atoms with van der Waals surface area (Å²) in [6, 6.07) is 0. The van der Waals surface area contributed by atoms with Crippen molar-refractivity contribution in [2.75, 3.05) is 13.2 Å². The molecule has 0 aromatic carbocycles. The molecular formula is C19H36O3Si. The van der Waals surface area contributed by atoms with E-state index in [1.54, 1.807) is 0 Å². The molecule has 0 radical (unpaired) electrons. The number of carbonyl (C=O) groups is 1. The second kappa shape index (κ2) is 7.10. The third kappa shape index (κ3) is 4.93. The molecule has 1 atom stereocenters. The van der Waals surface area contributed by atoms with E-state index in [1.165, 1.54) is 18.1 Å². The van der Waals surface area contributed by atoms with Crippen molar-refractivity contribution < 1.29 is 14.0 Å². The molecule has 0 saturated carbocycles. The van der Waals surface area contributed by atoms with Crippen LogP contribution in [0.2, 0.25) is 18.1 Å². The molecule has 0 aromatic heterocycles. The zero-order valence-corrected chi connectivity index (χ0v) is 17.6. The van der Waals surface area contributed by atoms with Gasteiger partial charge in [-0.2, -0.15) is 0 Å². The number of allylic oxidation sites excluding steroid dienone is 1. The molecule has 0 fully saturated rings. The van der Waals surface area contributed by atoms with Crippen LogP contribution in [-0.2, 0) is 14.0 Å². The summed E-state index contributed by atoms with van der Waals surface area (Å²) in [5.41, 5.74) is 2.67. The molecule has 23 heavy (non-hydrogen) atoms. The van der Waals surface area contributed by atoms with Gasteiger partial charge in [0.2, 0.25) is 0 Å². The molecule has 0 saturated heterocycles. The molecule has 0 heterocycles. The summed E-state index contributed by atoms with van der Waals surface area (Å²) in [4.78, 5) is 11.2. The Labute approximate surface area is 144 Å². The molecule has 3 nitrogen and oxygen atoms in total. The van der Waals surface area contributed by atoms with Gasteiger partial charge in [-0.15, -0.1) is 0 Å². The molecule has 1 unspecified atom stereocenters. The van der Waals surface area contributed by atoms with Crippen LogP contribution in [0.15, 0.2) is 11.1 Å². The monoisotopic (exact) mass is 340 g/mol. The van der Waals surface area contributed by atoms with Crippen molar-refractivity contribution in [3.05, 3.63) is 11.1 Å². The zero-order valence-electron chi connectivity index (χ0n) is 16.6. The van der Waals surface area contributed by atoms with Crippen molar-refractivity contribution in [3.63, 3.8) is 0 Å². The molecule has 0 N–H and O–H groups in total. The van der Waals surface area contributed by atoms with Gasteiger partial charge < -0.3 is 9.16 Å². The van der Waals surface area contributed by atoms with Crippen LogP contribution >= 0.6 is 0 Å². The lowest BCUT2D eigenvalue weighted by Crippen LogP contribution is -2.44. The fraction of sp³-hybridized carbons (Fsp3) is 0.842. The standard InChI is InChI=1S/C19H36O3Si/c1-14-10-11-16(12-22-23(8,9)18(3,4)5)19(6,7)17(14)13-21-15(2)20/h16H,10-13H2,1-9H3. The summed E-state index contributed by atoms with van der Waals surface area (Å²) in [6.45, 7) is 20.9. The number of esters is 1. The Morgan fingerprint density at radius 2 is 1.87 bits per heavy atom. The first-order valence-electron chi connectivity index (χ1n) is 8.75. The molecule has 0 aromatic rings. The van der Waals surface area contributed by atoms with E-state index in [2.05, 4.69) is 54.6 Å². The van der Waals surface area contributed by atoms with Crippen molar-refractivity contribution in [1.82, 2.24) is 0 Å². The van der Waals surface area contributed by atoms with E-state index in [0.29, 0.717) is 12.5 Å². The first-order chi connectivity index (χ1) is 10.3. The topological polar surface area (TPSA) is 35.5 Å². The lowest BCUT2D eigenvalue weighted by atomic mass is 9.66. The van der Waals surface area contributed by atoms with Gasteiger partial charge in [0.1, 0.15) is 6.61 Å². The predicted molar refractivity (Wildman–Crippen MR) is 99.0 cm³/mol. The highest BCUT2D eigenvalue weighted by atomic mass is 28.4. The highest BCUT2D eigenvalue weighted by Gasteiger charge is 2.42. The van der Waals surface area contributed by atoms with Crippen LogP contribution in [0, 0.1) is 11.3 Å². The van der Waals surface area contributed by atoms with Gasteiger partial charge in [-0.25, -0.2) is 0 Å². The Morgan fingerprint density at radius 1 is 1.30 bits per heavy atom. The normalized spacial score (nSPS) is 22.2. The van der Waals surface area contributed by atoms with Crippen LogP contribution < -0.4 is 0 Å². The molecular weight excluding hydrogens is 304 g/mol. The summed E-state index contributed by atoms with van der Waals surface area (Å²) >= 11 is 0. The minimum absolute atomic E-state index is 0.0140. The minimum atomic E-state index is -1.73. The van der Waals surface area contributed by atoms with Gasteiger partial charge in [0.25, 0.3) is 0 Å². The molecule has 0 bridgehead atoms. The van der Waals surface area contributed by atoms with Crippen LogP contribution in [0.5, 0.6) is 0 Å². The maximum atomic E-state index is 11.2. The molecule has 1 rings (SSSR count). The Hall–Kier alpha value is -0.613. The SMILES string of the molecule is CC(=O)OCC1=C(C)CCC(CO[Si](C)(C)C(C)(C)C)C1(C)C. The summed E-state index contributed by atoms with van der Waals surface area (Å²) in [5.74, 6) is 0.270. The molecule has 1 aliphatic rings. The summed E-state index contributed by atoms with van der Waals surface area (Å²) in [5, 5.41) is 0.234. The van der Waals surface area contributed by atoms with Gasteiger partial charge in [-0.3, -0.25) is 4.79 Å². The molecule has 0 spiro atoms. The van der Waals surface area contributed by atoms with Crippen molar-refractivity contribution in [2.24, 2.45) is 11.3 Å². The first-order valence-corrected chi connectivity index (χ1v) is 11.7. The lowest BCUT2D eigenvalue weighted by molar-refractivity contribution is -0.140. The average molecular weight is 341 g/mol. The summed E-state index contributed by atoms with van der Waals surface area (Å²) in [7, 11) is -1.73. The van der Waals surface area contributed by atoms with Gasteiger partial charge >= 0.3 is 5.97 Å². The minimum Gasteiger partial charge on any atom is -0.461 e. The second-order valence-electron chi connectivity index (χ2n) is 9.07. The molecule has 1 aliphatic carbocycles. The highest BCUT2D eigenvalue weighted by Crippen LogP contribution is 2.46. The van der Waals surface area contributed by atoms with E-state index < -0.39 is 8.32 Å². The van der Waals surface area contributed by atoms with E-state index in [1.807, 2.05) is 0 Å². The highest BCUT2D eigenvalue weighted by molar-refractivity contribution is 6.74. The van der Waals surface area contributed by atoms with Crippen LogP contribution in [0.25, 0.3) is 0 Å². The van der Waals surface area contributed by atoms with Crippen LogP contribution in [0.4, 0.5) is 0 Å². The van der Waals surface area contributed by atoms with Gasteiger partial charge in [0.15, 0.2) is 8.32 Å². The second-order valence-corrected chi connectivity index (χ2v) is 13.9.